The van der Waals surface area contributed by atoms with Gasteiger partial charge in [0.2, 0.25) is 0 Å². The second-order valence-corrected chi connectivity index (χ2v) is 4.38. The Morgan fingerprint density at radius 3 is 2.94 bits per heavy atom. The van der Waals surface area contributed by atoms with Crippen LogP contribution >= 0.6 is 0 Å². The van der Waals surface area contributed by atoms with Gasteiger partial charge in [0.25, 0.3) is 0 Å². The van der Waals surface area contributed by atoms with E-state index >= 15 is 0 Å². The summed E-state index contributed by atoms with van der Waals surface area (Å²) in [4.78, 5) is 0. The van der Waals surface area contributed by atoms with Crippen LogP contribution in [0.5, 0.6) is 11.5 Å². The molecule has 0 saturated heterocycles. The van der Waals surface area contributed by atoms with Crippen LogP contribution in [0.1, 0.15) is 24.8 Å². The number of para-hydroxylation sites is 1. The van der Waals surface area contributed by atoms with Crippen LogP contribution in [0.25, 0.3) is 0 Å². The van der Waals surface area contributed by atoms with E-state index in [1.54, 1.807) is 13.2 Å². The lowest BCUT2D eigenvalue weighted by atomic mass is 10.2. The molecule has 0 atom stereocenters. The fourth-order valence-electron chi connectivity index (χ4n) is 1.81. The zero-order chi connectivity index (χ0) is 11.4. The molecule has 3 heteroatoms. The van der Waals surface area contributed by atoms with Crippen molar-refractivity contribution >= 4 is 0 Å². The van der Waals surface area contributed by atoms with Crippen LogP contribution in [0.15, 0.2) is 18.2 Å². The molecule has 2 N–H and O–H groups in total. The maximum absolute atomic E-state index is 9.84. The number of nitrogens with one attached hydrogen (secondary N) is 1. The molecule has 2 rings (SSSR count). The maximum Gasteiger partial charge on any atom is 0.162 e. The van der Waals surface area contributed by atoms with Crippen LogP contribution in [0.3, 0.4) is 0 Å². The van der Waals surface area contributed by atoms with Crippen molar-refractivity contribution in [2.24, 2.45) is 5.92 Å². The molecule has 1 saturated carbocycles. The highest BCUT2D eigenvalue weighted by molar-refractivity contribution is 5.45. The van der Waals surface area contributed by atoms with E-state index in [1.165, 1.54) is 19.3 Å². The van der Waals surface area contributed by atoms with Gasteiger partial charge in [0.15, 0.2) is 11.5 Å². The third-order valence-corrected chi connectivity index (χ3v) is 3.04. The first-order chi connectivity index (χ1) is 7.81. The molecule has 0 heterocycles. The SMILES string of the molecule is COc1cccc(CNCCC2CC2)c1O. The third-order valence-electron chi connectivity index (χ3n) is 3.04. The number of phenolic OH excluding ortho intramolecular Hbond substituents is 1. The van der Waals surface area contributed by atoms with Gasteiger partial charge in [-0.15, -0.1) is 0 Å². The predicted octanol–water partition coefficient (Wildman–Crippen LogP) is 2.29. The molecule has 0 amide bonds. The summed E-state index contributed by atoms with van der Waals surface area (Å²) in [5.41, 5.74) is 0.898. The second kappa shape index (κ2) is 5.21. The smallest absolute Gasteiger partial charge is 0.162 e. The Morgan fingerprint density at radius 2 is 2.25 bits per heavy atom. The molecule has 0 spiro atoms. The molecule has 88 valence electrons. The Labute approximate surface area is 96.4 Å². The molecule has 16 heavy (non-hydrogen) atoms. The number of phenols is 1. The summed E-state index contributed by atoms with van der Waals surface area (Å²) in [5, 5.41) is 13.2. The first-order valence-electron chi connectivity index (χ1n) is 5.87. The Kier molecular flexibility index (Phi) is 3.67. The number of aromatic hydroxyl groups is 1. The van der Waals surface area contributed by atoms with E-state index in [1.807, 2.05) is 12.1 Å². The van der Waals surface area contributed by atoms with Crippen LogP contribution in [0, 0.1) is 5.92 Å². The van der Waals surface area contributed by atoms with Crippen molar-refractivity contribution in [3.05, 3.63) is 23.8 Å². The molecule has 1 aromatic carbocycles. The van der Waals surface area contributed by atoms with Gasteiger partial charge >= 0.3 is 0 Å². The standard InChI is InChI=1S/C13H19NO2/c1-16-12-4-2-3-11(13(12)15)9-14-8-7-10-5-6-10/h2-4,10,14-15H,5-9H2,1H3. The zero-order valence-corrected chi connectivity index (χ0v) is 9.70. The van der Waals surface area contributed by atoms with Crippen molar-refractivity contribution in [2.75, 3.05) is 13.7 Å². The minimum Gasteiger partial charge on any atom is -0.504 e. The van der Waals surface area contributed by atoms with Crippen molar-refractivity contribution in [2.45, 2.75) is 25.8 Å². The second-order valence-electron chi connectivity index (χ2n) is 4.38. The van der Waals surface area contributed by atoms with Gasteiger partial charge in [0, 0.05) is 12.1 Å². The molecule has 0 aromatic heterocycles. The fraction of sp³-hybridized carbons (Fsp3) is 0.538. The molecule has 1 aromatic rings. The van der Waals surface area contributed by atoms with Crippen molar-refractivity contribution in [1.82, 2.24) is 5.32 Å². The lowest BCUT2D eigenvalue weighted by Gasteiger charge is -2.09. The highest BCUT2D eigenvalue weighted by Gasteiger charge is 2.20. The topological polar surface area (TPSA) is 41.5 Å². The van der Waals surface area contributed by atoms with Gasteiger partial charge in [0.05, 0.1) is 7.11 Å². The van der Waals surface area contributed by atoms with E-state index < -0.39 is 0 Å². The highest BCUT2D eigenvalue weighted by atomic mass is 16.5. The normalized spacial score (nSPS) is 15.1. The van der Waals surface area contributed by atoms with Crippen molar-refractivity contribution in [3.63, 3.8) is 0 Å². The lowest BCUT2D eigenvalue weighted by Crippen LogP contribution is -2.15. The summed E-state index contributed by atoms with van der Waals surface area (Å²) in [6, 6.07) is 5.58. The van der Waals surface area contributed by atoms with E-state index in [4.69, 9.17) is 4.74 Å². The van der Waals surface area contributed by atoms with E-state index in [9.17, 15) is 5.11 Å². The molecule has 1 aliphatic carbocycles. The van der Waals surface area contributed by atoms with Crippen LogP contribution < -0.4 is 10.1 Å². The predicted molar refractivity (Wildman–Crippen MR) is 63.7 cm³/mol. The fourth-order valence-corrected chi connectivity index (χ4v) is 1.81. The summed E-state index contributed by atoms with van der Waals surface area (Å²) >= 11 is 0. The van der Waals surface area contributed by atoms with Gasteiger partial charge in [0.1, 0.15) is 0 Å². The molecular formula is C13H19NO2. The number of hydrogen-bond donors (Lipinski definition) is 2. The minimum atomic E-state index is 0.254. The highest BCUT2D eigenvalue weighted by Crippen LogP contribution is 2.32. The molecule has 0 aliphatic heterocycles. The third kappa shape index (κ3) is 2.89. The number of hydrogen-bond acceptors (Lipinski definition) is 3. The average Bonchev–Trinajstić information content (AvgIpc) is 3.10. The van der Waals surface area contributed by atoms with Crippen LogP contribution in [0.4, 0.5) is 0 Å². The van der Waals surface area contributed by atoms with Crippen LogP contribution in [-0.2, 0) is 6.54 Å². The maximum atomic E-state index is 9.84. The first kappa shape index (κ1) is 11.3. The largest absolute Gasteiger partial charge is 0.504 e. The Bertz CT molecular complexity index is 348. The summed E-state index contributed by atoms with van der Waals surface area (Å²) in [7, 11) is 1.57. The number of benzene rings is 1. The summed E-state index contributed by atoms with van der Waals surface area (Å²) in [6.45, 7) is 1.73. The van der Waals surface area contributed by atoms with E-state index in [0.29, 0.717) is 12.3 Å². The first-order valence-corrected chi connectivity index (χ1v) is 5.87. The quantitative estimate of drug-likeness (QED) is 0.724. The molecular weight excluding hydrogens is 202 g/mol. The zero-order valence-electron chi connectivity index (χ0n) is 9.70. The van der Waals surface area contributed by atoms with Gasteiger partial charge in [-0.25, -0.2) is 0 Å². The molecule has 3 nitrogen and oxygen atoms in total. The Morgan fingerprint density at radius 1 is 1.44 bits per heavy atom. The van der Waals surface area contributed by atoms with E-state index in [-0.39, 0.29) is 5.75 Å². The van der Waals surface area contributed by atoms with Gasteiger partial charge in [-0.1, -0.05) is 25.0 Å². The van der Waals surface area contributed by atoms with E-state index in [2.05, 4.69) is 5.32 Å². The number of ether oxygens (including phenoxy) is 1. The number of rotatable bonds is 6. The lowest BCUT2D eigenvalue weighted by molar-refractivity contribution is 0.369. The average molecular weight is 221 g/mol. The van der Waals surface area contributed by atoms with Crippen molar-refractivity contribution in [3.8, 4) is 11.5 Å². The van der Waals surface area contributed by atoms with Gasteiger partial charge < -0.3 is 15.2 Å². The Balaban J connectivity index is 1.82. The molecule has 0 bridgehead atoms. The molecule has 1 fully saturated rings. The van der Waals surface area contributed by atoms with Gasteiger partial charge in [-0.2, -0.15) is 0 Å². The molecule has 0 radical (unpaired) electrons. The number of methoxy groups -OCH3 is 1. The summed E-state index contributed by atoms with van der Waals surface area (Å²) < 4.78 is 5.06. The van der Waals surface area contributed by atoms with Gasteiger partial charge in [-0.3, -0.25) is 0 Å². The van der Waals surface area contributed by atoms with Crippen molar-refractivity contribution in [1.29, 1.82) is 0 Å². The Hall–Kier alpha value is -1.22. The van der Waals surface area contributed by atoms with Gasteiger partial charge in [-0.05, 0) is 24.9 Å². The monoisotopic (exact) mass is 221 g/mol. The van der Waals surface area contributed by atoms with E-state index in [0.717, 1.165) is 18.0 Å². The van der Waals surface area contributed by atoms with Crippen LogP contribution in [0.2, 0.25) is 0 Å². The minimum absolute atomic E-state index is 0.254. The van der Waals surface area contributed by atoms with Crippen molar-refractivity contribution < 1.29 is 9.84 Å². The molecule has 1 aliphatic rings. The summed E-state index contributed by atoms with van der Waals surface area (Å²) in [5.74, 6) is 1.75. The van der Waals surface area contributed by atoms with Crippen LogP contribution in [-0.4, -0.2) is 18.8 Å². The molecule has 0 unspecified atom stereocenters. The summed E-state index contributed by atoms with van der Waals surface area (Å²) in [6.07, 6.45) is 4.04.